The van der Waals surface area contributed by atoms with E-state index in [4.69, 9.17) is 9.84 Å². The molecule has 6 nitrogen and oxygen atoms in total. The van der Waals surface area contributed by atoms with Gasteiger partial charge in [-0.2, -0.15) is 0 Å². The van der Waals surface area contributed by atoms with E-state index in [2.05, 4.69) is 55.6 Å². The van der Waals surface area contributed by atoms with Crippen LogP contribution in [0.1, 0.15) is 271 Å². The zero-order chi connectivity index (χ0) is 43.0. The molecule has 1 amide bonds. The zero-order valence-electron chi connectivity index (χ0n) is 39.1. The van der Waals surface area contributed by atoms with Crippen LogP contribution in [0.3, 0.4) is 0 Å². The Balaban J connectivity index is 4.09. The van der Waals surface area contributed by atoms with Crippen LogP contribution in [0.2, 0.25) is 0 Å². The Hall–Kier alpha value is -2.37. The predicted molar refractivity (Wildman–Crippen MR) is 254 cm³/mol. The average molecular weight is 828 g/mol. The first-order valence-corrected chi connectivity index (χ1v) is 25.6. The summed E-state index contributed by atoms with van der Waals surface area (Å²) in [5.74, 6) is -1.22. The minimum Gasteiger partial charge on any atom is -0.480 e. The quantitative estimate of drug-likeness (QED) is 0.0362. The summed E-state index contributed by atoms with van der Waals surface area (Å²) >= 11 is 0. The second-order valence-corrected chi connectivity index (χ2v) is 17.4. The Bertz CT molecular complexity index is 1000. The van der Waals surface area contributed by atoms with Gasteiger partial charge in [-0.05, 0) is 77.0 Å². The van der Waals surface area contributed by atoms with Crippen LogP contribution in [0.15, 0.2) is 36.5 Å². The van der Waals surface area contributed by atoms with Crippen molar-refractivity contribution in [2.24, 2.45) is 0 Å². The largest absolute Gasteiger partial charge is 0.480 e. The van der Waals surface area contributed by atoms with Crippen LogP contribution in [-0.4, -0.2) is 35.6 Å². The molecule has 0 aromatic heterocycles. The lowest BCUT2D eigenvalue weighted by Crippen LogP contribution is -2.28. The maximum atomic E-state index is 12.8. The van der Waals surface area contributed by atoms with E-state index in [1.807, 2.05) is 0 Å². The second-order valence-electron chi connectivity index (χ2n) is 17.4. The van der Waals surface area contributed by atoms with E-state index in [1.54, 1.807) is 0 Å². The molecule has 0 spiro atoms. The number of carbonyl (C=O) groups excluding carboxylic acids is 2. The monoisotopic (exact) mass is 828 g/mol. The molecule has 0 heterocycles. The maximum absolute atomic E-state index is 12.8. The summed E-state index contributed by atoms with van der Waals surface area (Å²) in [6.07, 6.45) is 61.4. The number of esters is 1. The summed E-state index contributed by atoms with van der Waals surface area (Å²) in [6, 6.07) is 0. The van der Waals surface area contributed by atoms with Crippen molar-refractivity contribution in [3.05, 3.63) is 36.5 Å². The van der Waals surface area contributed by atoms with Gasteiger partial charge in [-0.25, -0.2) is 0 Å². The minimum absolute atomic E-state index is 0.0170. The maximum Gasteiger partial charge on any atom is 0.322 e. The van der Waals surface area contributed by atoms with E-state index < -0.39 is 5.97 Å². The summed E-state index contributed by atoms with van der Waals surface area (Å²) in [4.78, 5) is 35.2. The van der Waals surface area contributed by atoms with Gasteiger partial charge in [0.05, 0.1) is 0 Å². The van der Waals surface area contributed by atoms with Gasteiger partial charge in [-0.1, -0.05) is 217 Å². The number of allylic oxidation sites excluding steroid dienone is 6. The van der Waals surface area contributed by atoms with E-state index in [0.717, 1.165) is 77.0 Å². The van der Waals surface area contributed by atoms with Crippen molar-refractivity contribution in [3.8, 4) is 0 Å². The van der Waals surface area contributed by atoms with Gasteiger partial charge in [-0.15, -0.1) is 0 Å². The molecule has 0 fully saturated rings. The van der Waals surface area contributed by atoms with Crippen molar-refractivity contribution in [1.82, 2.24) is 5.32 Å². The fraction of sp³-hybridized carbons (Fsp3) is 0.830. The van der Waals surface area contributed by atoms with Crippen LogP contribution in [0.25, 0.3) is 0 Å². The first kappa shape index (κ1) is 56.6. The highest BCUT2D eigenvalue weighted by Crippen LogP contribution is 2.19. The first-order chi connectivity index (χ1) is 29.0. The van der Waals surface area contributed by atoms with Gasteiger partial charge in [0.1, 0.15) is 12.6 Å². The number of ether oxygens (including phenoxy) is 1. The summed E-state index contributed by atoms with van der Waals surface area (Å²) in [5, 5.41) is 11.1. The lowest BCUT2D eigenvalue weighted by Gasteiger charge is -2.18. The van der Waals surface area contributed by atoms with Crippen molar-refractivity contribution >= 4 is 17.8 Å². The second kappa shape index (κ2) is 48.3. The molecule has 0 aliphatic rings. The first-order valence-electron chi connectivity index (χ1n) is 25.6. The summed E-state index contributed by atoms with van der Waals surface area (Å²) in [7, 11) is 0. The average Bonchev–Trinajstić information content (AvgIpc) is 3.22. The number of unbranched alkanes of at least 4 members (excludes halogenated alkanes) is 30. The fourth-order valence-corrected chi connectivity index (χ4v) is 7.76. The van der Waals surface area contributed by atoms with Crippen LogP contribution in [-0.2, 0) is 19.1 Å². The van der Waals surface area contributed by atoms with Crippen molar-refractivity contribution in [2.75, 3.05) is 6.54 Å². The molecular weight excluding hydrogens is 731 g/mol. The van der Waals surface area contributed by atoms with Gasteiger partial charge >= 0.3 is 11.9 Å². The van der Waals surface area contributed by atoms with Crippen molar-refractivity contribution in [1.29, 1.82) is 0 Å². The topological polar surface area (TPSA) is 92.7 Å². The Morgan fingerprint density at radius 2 is 0.780 bits per heavy atom. The van der Waals surface area contributed by atoms with Gasteiger partial charge < -0.3 is 15.2 Å². The molecule has 1 unspecified atom stereocenters. The highest BCUT2D eigenvalue weighted by atomic mass is 16.5. The third-order valence-electron chi connectivity index (χ3n) is 11.6. The molecule has 0 aliphatic carbocycles. The molecule has 59 heavy (non-hydrogen) atoms. The Labute approximate surface area is 366 Å². The normalized spacial score (nSPS) is 12.3. The predicted octanol–water partition coefficient (Wildman–Crippen LogP) is 16.4. The lowest BCUT2D eigenvalue weighted by atomic mass is 10.0. The molecule has 0 radical (unpaired) electrons. The molecule has 0 aliphatic heterocycles. The number of carboxylic acid groups (broad SMARTS) is 1. The number of hydrogen-bond donors (Lipinski definition) is 2. The molecule has 0 aromatic carbocycles. The molecule has 344 valence electrons. The highest BCUT2D eigenvalue weighted by molar-refractivity contribution is 5.80. The lowest BCUT2D eigenvalue weighted by molar-refractivity contribution is -0.150. The molecule has 0 bridgehead atoms. The Morgan fingerprint density at radius 1 is 0.441 bits per heavy atom. The van der Waals surface area contributed by atoms with E-state index >= 15 is 0 Å². The number of aliphatic carboxylic acids is 1. The zero-order valence-corrected chi connectivity index (χ0v) is 39.1. The number of rotatable bonds is 47. The van der Waals surface area contributed by atoms with Crippen molar-refractivity contribution in [2.45, 2.75) is 277 Å². The number of amides is 1. The molecule has 6 heteroatoms. The number of hydrogen-bond acceptors (Lipinski definition) is 4. The van der Waals surface area contributed by atoms with Crippen molar-refractivity contribution in [3.63, 3.8) is 0 Å². The number of nitrogens with one attached hydrogen (secondary N) is 1. The molecule has 0 rings (SSSR count). The van der Waals surface area contributed by atoms with E-state index in [1.165, 1.54) is 167 Å². The van der Waals surface area contributed by atoms with Gasteiger partial charge in [0, 0.05) is 12.8 Å². The smallest absolute Gasteiger partial charge is 0.322 e. The number of carbonyl (C=O) groups is 3. The molecule has 0 saturated heterocycles. The summed E-state index contributed by atoms with van der Waals surface area (Å²) in [6.45, 7) is 4.24. The molecule has 0 aromatic rings. The highest BCUT2D eigenvalue weighted by Gasteiger charge is 2.14. The van der Waals surface area contributed by atoms with Crippen LogP contribution < -0.4 is 5.32 Å². The van der Waals surface area contributed by atoms with Crippen molar-refractivity contribution < 1.29 is 24.2 Å². The Kier molecular flexibility index (Phi) is 46.4. The standard InChI is InChI=1S/C53H97NO5/c1-3-5-7-9-11-13-15-17-19-20-21-22-23-24-25-26-27-29-31-33-35-40-44-48-53(58)59-50(46-42-38-36-39-43-47-51(55)54-49-52(56)57)45-41-37-34-32-30-28-18-16-14-12-10-8-6-4-2/h15,17,20-21,23-24,50H,3-14,16,18-19,22,25-49H2,1-2H3,(H,54,55)(H,56,57)/b17-15-,21-20-,24-23-. The summed E-state index contributed by atoms with van der Waals surface area (Å²) in [5.41, 5.74) is 0. The van der Waals surface area contributed by atoms with Gasteiger partial charge in [0.25, 0.3) is 0 Å². The third kappa shape index (κ3) is 48.2. The van der Waals surface area contributed by atoms with Gasteiger partial charge in [0.2, 0.25) is 5.91 Å². The number of carboxylic acids is 1. The van der Waals surface area contributed by atoms with Crippen LogP contribution >= 0.6 is 0 Å². The third-order valence-corrected chi connectivity index (χ3v) is 11.6. The van der Waals surface area contributed by atoms with Crippen LogP contribution in [0.5, 0.6) is 0 Å². The minimum atomic E-state index is -1.01. The SMILES string of the molecule is CCCCCCC/C=C\C/C=C\C/C=C\CCCCCCCCCCC(=O)OC(CCCCCCCCCCCCCCCC)CCCCCCCC(=O)NCC(=O)O. The van der Waals surface area contributed by atoms with Crippen LogP contribution in [0, 0.1) is 0 Å². The fourth-order valence-electron chi connectivity index (χ4n) is 7.76. The van der Waals surface area contributed by atoms with E-state index in [0.29, 0.717) is 12.8 Å². The summed E-state index contributed by atoms with van der Waals surface area (Å²) < 4.78 is 6.07. The molecule has 1 atom stereocenters. The van der Waals surface area contributed by atoms with Gasteiger partial charge in [-0.3, -0.25) is 14.4 Å². The molecular formula is C53H97NO5. The van der Waals surface area contributed by atoms with E-state index in [-0.39, 0.29) is 24.5 Å². The Morgan fingerprint density at radius 3 is 1.19 bits per heavy atom. The molecule has 2 N–H and O–H groups in total. The molecule has 0 saturated carbocycles. The van der Waals surface area contributed by atoms with Crippen LogP contribution in [0.4, 0.5) is 0 Å². The van der Waals surface area contributed by atoms with Gasteiger partial charge in [0.15, 0.2) is 0 Å². The van der Waals surface area contributed by atoms with E-state index in [9.17, 15) is 14.4 Å².